The summed E-state index contributed by atoms with van der Waals surface area (Å²) < 4.78 is 13.4. The van der Waals surface area contributed by atoms with E-state index in [0.29, 0.717) is 18.5 Å². The Morgan fingerprint density at radius 2 is 2.31 bits per heavy atom. The van der Waals surface area contributed by atoms with E-state index in [0.717, 1.165) is 11.0 Å². The Hall–Kier alpha value is -1.91. The molecule has 1 saturated carbocycles. The Kier molecular flexibility index (Phi) is 1.77. The number of rotatable bonds is 2. The number of hydrogen-bond acceptors (Lipinski definition) is 2. The maximum atomic E-state index is 13.4. The first-order chi connectivity index (χ1) is 7.67. The highest BCUT2D eigenvalue weighted by molar-refractivity contribution is 6.00. The number of hydrogen-bond donors (Lipinski definition) is 2. The number of carbonyl (C=O) groups is 1. The summed E-state index contributed by atoms with van der Waals surface area (Å²) in [6.07, 6.45) is 2.22. The molecule has 1 heterocycles. The van der Waals surface area contributed by atoms with Crippen LogP contribution in [0.4, 0.5) is 10.1 Å². The van der Waals surface area contributed by atoms with E-state index in [2.05, 4.69) is 15.3 Å². The quantitative estimate of drug-likeness (QED) is 0.811. The molecule has 1 aliphatic carbocycles. The lowest BCUT2D eigenvalue weighted by molar-refractivity contribution is -0.122. The number of nitrogens with zero attached hydrogens (tertiary/aromatic N) is 1. The van der Waals surface area contributed by atoms with Crippen LogP contribution in [0.15, 0.2) is 24.5 Å². The summed E-state index contributed by atoms with van der Waals surface area (Å²) in [6, 6.07) is 5.25. The molecule has 1 fully saturated rings. The van der Waals surface area contributed by atoms with Crippen LogP contribution in [0.1, 0.15) is 12.8 Å². The van der Waals surface area contributed by atoms with Crippen LogP contribution in [-0.4, -0.2) is 21.5 Å². The van der Waals surface area contributed by atoms with Crippen molar-refractivity contribution in [2.24, 2.45) is 0 Å². The number of fused-ring (bicyclic) bond motifs is 1. The molecule has 0 aliphatic heterocycles. The molecule has 82 valence electrons. The molecular weight excluding hydrogens is 209 g/mol. The predicted octanol–water partition coefficient (Wildman–Crippen LogP) is 2.00. The van der Waals surface area contributed by atoms with Crippen molar-refractivity contribution >= 4 is 22.6 Å². The molecule has 1 amide bonds. The van der Waals surface area contributed by atoms with Crippen molar-refractivity contribution in [3.8, 4) is 0 Å². The van der Waals surface area contributed by atoms with Gasteiger partial charge in [0.2, 0.25) is 0 Å². The van der Waals surface area contributed by atoms with E-state index in [1.54, 1.807) is 24.5 Å². The molecule has 0 radical (unpaired) electrons. The van der Waals surface area contributed by atoms with Crippen LogP contribution >= 0.6 is 0 Å². The highest BCUT2D eigenvalue weighted by atomic mass is 19.1. The van der Waals surface area contributed by atoms with Gasteiger partial charge in [-0.25, -0.2) is 9.37 Å². The normalized spacial score (nSPS) is 17.3. The van der Waals surface area contributed by atoms with E-state index < -0.39 is 11.6 Å². The topological polar surface area (TPSA) is 57.8 Å². The minimum absolute atomic E-state index is 0.323. The SMILES string of the molecule is O=C(Nc1ccc2[nH]cnc2c1)C1(F)CC1. The molecule has 16 heavy (non-hydrogen) atoms. The van der Waals surface area contributed by atoms with Crippen LogP contribution in [0.25, 0.3) is 11.0 Å². The number of halogens is 1. The van der Waals surface area contributed by atoms with Gasteiger partial charge in [0.25, 0.3) is 5.91 Å². The number of H-pyrrole nitrogens is 1. The zero-order chi connectivity index (χ0) is 11.2. The summed E-state index contributed by atoms with van der Waals surface area (Å²) in [4.78, 5) is 18.5. The highest BCUT2D eigenvalue weighted by Crippen LogP contribution is 2.40. The second-order valence-corrected chi connectivity index (χ2v) is 4.05. The number of imidazole rings is 1. The summed E-state index contributed by atoms with van der Waals surface area (Å²) in [7, 11) is 0. The number of carbonyl (C=O) groups excluding carboxylic acids is 1. The van der Waals surface area contributed by atoms with Gasteiger partial charge in [-0.05, 0) is 31.0 Å². The summed E-state index contributed by atoms with van der Waals surface area (Å²) in [5.41, 5.74) is 0.579. The molecular formula is C11H10FN3O. The standard InChI is InChI=1S/C11H10FN3O/c12-11(3-4-11)10(16)15-7-1-2-8-9(5-7)14-6-13-8/h1-2,5-6H,3-4H2,(H,13,14)(H,15,16). The third-order valence-corrected chi connectivity index (χ3v) is 2.78. The van der Waals surface area contributed by atoms with Crippen LogP contribution in [0.3, 0.4) is 0 Å². The first-order valence-electron chi connectivity index (χ1n) is 5.11. The monoisotopic (exact) mass is 219 g/mol. The maximum absolute atomic E-state index is 13.4. The summed E-state index contributed by atoms with van der Waals surface area (Å²) in [5, 5.41) is 2.56. The third-order valence-electron chi connectivity index (χ3n) is 2.78. The van der Waals surface area contributed by atoms with E-state index in [1.807, 2.05) is 0 Å². The fraction of sp³-hybridized carbons (Fsp3) is 0.273. The minimum Gasteiger partial charge on any atom is -0.345 e. The number of amides is 1. The van der Waals surface area contributed by atoms with E-state index in [1.165, 1.54) is 0 Å². The van der Waals surface area contributed by atoms with Crippen LogP contribution in [0.5, 0.6) is 0 Å². The van der Waals surface area contributed by atoms with Gasteiger partial charge in [-0.1, -0.05) is 0 Å². The summed E-state index contributed by atoms with van der Waals surface area (Å²) in [6.45, 7) is 0. The zero-order valence-corrected chi connectivity index (χ0v) is 8.46. The van der Waals surface area contributed by atoms with Crippen molar-refractivity contribution < 1.29 is 9.18 Å². The number of alkyl halides is 1. The maximum Gasteiger partial charge on any atom is 0.262 e. The molecule has 1 aliphatic rings. The molecule has 0 saturated heterocycles. The summed E-state index contributed by atoms with van der Waals surface area (Å²) >= 11 is 0. The van der Waals surface area contributed by atoms with Gasteiger partial charge in [-0.15, -0.1) is 0 Å². The Morgan fingerprint density at radius 1 is 1.50 bits per heavy atom. The second-order valence-electron chi connectivity index (χ2n) is 4.05. The Morgan fingerprint density at radius 3 is 3.06 bits per heavy atom. The molecule has 1 aromatic heterocycles. The zero-order valence-electron chi connectivity index (χ0n) is 8.46. The van der Waals surface area contributed by atoms with Gasteiger partial charge in [0.1, 0.15) is 0 Å². The van der Waals surface area contributed by atoms with Crippen LogP contribution < -0.4 is 5.32 Å². The molecule has 2 aromatic rings. The Balaban J connectivity index is 1.86. The summed E-state index contributed by atoms with van der Waals surface area (Å²) in [5.74, 6) is -0.553. The largest absolute Gasteiger partial charge is 0.345 e. The van der Waals surface area contributed by atoms with Crippen molar-refractivity contribution in [1.82, 2.24) is 9.97 Å². The van der Waals surface area contributed by atoms with E-state index in [-0.39, 0.29) is 0 Å². The van der Waals surface area contributed by atoms with Gasteiger partial charge >= 0.3 is 0 Å². The molecule has 0 bridgehead atoms. The minimum atomic E-state index is -1.64. The van der Waals surface area contributed by atoms with Crippen molar-refractivity contribution in [3.63, 3.8) is 0 Å². The van der Waals surface area contributed by atoms with Crippen molar-refractivity contribution in [2.75, 3.05) is 5.32 Å². The fourth-order valence-corrected chi connectivity index (χ4v) is 1.59. The molecule has 5 heteroatoms. The smallest absolute Gasteiger partial charge is 0.262 e. The molecule has 0 spiro atoms. The second kappa shape index (κ2) is 3.04. The average Bonchev–Trinajstić information content (AvgIpc) is 2.87. The van der Waals surface area contributed by atoms with Crippen LogP contribution in [-0.2, 0) is 4.79 Å². The highest BCUT2D eigenvalue weighted by Gasteiger charge is 2.50. The van der Waals surface area contributed by atoms with Crippen molar-refractivity contribution in [3.05, 3.63) is 24.5 Å². The van der Waals surface area contributed by atoms with E-state index >= 15 is 0 Å². The van der Waals surface area contributed by atoms with Gasteiger partial charge < -0.3 is 10.3 Å². The van der Waals surface area contributed by atoms with E-state index in [4.69, 9.17) is 0 Å². The number of aromatic amines is 1. The lowest BCUT2D eigenvalue weighted by Crippen LogP contribution is -2.25. The van der Waals surface area contributed by atoms with Crippen LogP contribution in [0, 0.1) is 0 Å². The van der Waals surface area contributed by atoms with Gasteiger partial charge in [0.05, 0.1) is 17.4 Å². The first-order valence-corrected chi connectivity index (χ1v) is 5.11. The van der Waals surface area contributed by atoms with E-state index in [9.17, 15) is 9.18 Å². The van der Waals surface area contributed by atoms with Gasteiger partial charge in [0, 0.05) is 5.69 Å². The predicted molar refractivity (Wildman–Crippen MR) is 57.8 cm³/mol. The lowest BCUT2D eigenvalue weighted by Gasteiger charge is -2.07. The van der Waals surface area contributed by atoms with Crippen molar-refractivity contribution in [2.45, 2.75) is 18.5 Å². The third kappa shape index (κ3) is 1.44. The van der Waals surface area contributed by atoms with Gasteiger partial charge in [-0.2, -0.15) is 0 Å². The Bertz CT molecular complexity index is 559. The number of aromatic nitrogens is 2. The molecule has 4 nitrogen and oxygen atoms in total. The first kappa shape index (κ1) is 9.33. The number of anilines is 1. The molecule has 1 aromatic carbocycles. The molecule has 0 atom stereocenters. The molecule has 3 rings (SSSR count). The Labute approximate surface area is 90.9 Å². The molecule has 2 N–H and O–H groups in total. The van der Waals surface area contributed by atoms with Gasteiger partial charge in [-0.3, -0.25) is 4.79 Å². The fourth-order valence-electron chi connectivity index (χ4n) is 1.59. The lowest BCUT2D eigenvalue weighted by atomic mass is 10.2. The number of nitrogens with one attached hydrogen (secondary N) is 2. The van der Waals surface area contributed by atoms with Gasteiger partial charge in [0.15, 0.2) is 5.67 Å². The van der Waals surface area contributed by atoms with Crippen LogP contribution in [0.2, 0.25) is 0 Å². The van der Waals surface area contributed by atoms with Crippen molar-refractivity contribution in [1.29, 1.82) is 0 Å². The number of benzene rings is 1. The molecule has 0 unspecified atom stereocenters. The average molecular weight is 219 g/mol.